The number of rotatable bonds is 6. The maximum atomic E-state index is 12.9. The van der Waals surface area contributed by atoms with E-state index in [0.29, 0.717) is 13.1 Å². The quantitative estimate of drug-likeness (QED) is 0.838. The minimum Gasteiger partial charge on any atom is -0.319 e. The number of hydrogen-bond acceptors (Lipinski definition) is 3. The minimum absolute atomic E-state index is 0.0365. The second kappa shape index (κ2) is 6.47. The van der Waals surface area contributed by atoms with Crippen molar-refractivity contribution in [2.45, 2.75) is 11.8 Å². The molecule has 4 nitrogen and oxygen atoms in total. The summed E-state index contributed by atoms with van der Waals surface area (Å²) in [6.45, 7) is 2.92. The molecule has 1 rings (SSSR count). The molecule has 1 aromatic rings. The standard InChI is InChI=1S/C11H16ClFN2O2S/c1-8(6-14-2)7-15-18(16,17)9-3-4-11(13)10(12)5-9/h3-5,8,14-15H,6-7H2,1-2H3. The molecule has 0 aliphatic carbocycles. The molecule has 1 aromatic carbocycles. The van der Waals surface area contributed by atoms with Crippen molar-refractivity contribution in [3.8, 4) is 0 Å². The van der Waals surface area contributed by atoms with Crippen LogP contribution in [0.15, 0.2) is 23.1 Å². The molecule has 0 aliphatic rings. The topological polar surface area (TPSA) is 58.2 Å². The summed E-state index contributed by atoms with van der Waals surface area (Å²) < 4.78 is 39.2. The van der Waals surface area contributed by atoms with Crippen LogP contribution in [0.1, 0.15) is 6.92 Å². The molecule has 18 heavy (non-hydrogen) atoms. The normalized spacial score (nSPS) is 13.6. The van der Waals surface area contributed by atoms with E-state index in [4.69, 9.17) is 11.6 Å². The van der Waals surface area contributed by atoms with Crippen molar-refractivity contribution < 1.29 is 12.8 Å². The Labute approximate surface area is 112 Å². The summed E-state index contributed by atoms with van der Waals surface area (Å²) in [7, 11) is -1.85. The molecular weight excluding hydrogens is 279 g/mol. The number of nitrogens with one attached hydrogen (secondary N) is 2. The van der Waals surface area contributed by atoms with Gasteiger partial charge in [-0.15, -0.1) is 0 Å². The molecule has 0 heterocycles. The van der Waals surface area contributed by atoms with Crippen molar-refractivity contribution in [3.05, 3.63) is 29.0 Å². The van der Waals surface area contributed by atoms with Gasteiger partial charge in [0.15, 0.2) is 0 Å². The highest BCUT2D eigenvalue weighted by Crippen LogP contribution is 2.19. The summed E-state index contributed by atoms with van der Waals surface area (Å²) in [5.74, 6) is -0.486. The van der Waals surface area contributed by atoms with Crippen LogP contribution < -0.4 is 10.0 Å². The molecule has 0 aliphatic heterocycles. The second-order valence-electron chi connectivity index (χ2n) is 4.09. The maximum Gasteiger partial charge on any atom is 0.240 e. The van der Waals surface area contributed by atoms with Crippen molar-refractivity contribution in [2.24, 2.45) is 5.92 Å². The van der Waals surface area contributed by atoms with E-state index in [0.717, 1.165) is 12.1 Å². The molecule has 0 fully saturated rings. The Kier molecular flexibility index (Phi) is 5.52. The summed E-state index contributed by atoms with van der Waals surface area (Å²) in [4.78, 5) is -0.0365. The Hall–Kier alpha value is -0.690. The Morgan fingerprint density at radius 2 is 2.06 bits per heavy atom. The first-order chi connectivity index (χ1) is 8.36. The van der Waals surface area contributed by atoms with Gasteiger partial charge in [0, 0.05) is 6.54 Å². The van der Waals surface area contributed by atoms with Gasteiger partial charge in [0.1, 0.15) is 5.82 Å². The van der Waals surface area contributed by atoms with E-state index in [2.05, 4.69) is 10.0 Å². The van der Waals surface area contributed by atoms with E-state index < -0.39 is 15.8 Å². The lowest BCUT2D eigenvalue weighted by molar-refractivity contribution is 0.519. The van der Waals surface area contributed by atoms with Crippen LogP contribution in [-0.2, 0) is 10.0 Å². The van der Waals surface area contributed by atoms with Crippen LogP contribution in [0.3, 0.4) is 0 Å². The molecule has 0 radical (unpaired) electrons. The monoisotopic (exact) mass is 294 g/mol. The molecular formula is C11H16ClFN2O2S. The van der Waals surface area contributed by atoms with E-state index >= 15 is 0 Å². The van der Waals surface area contributed by atoms with Gasteiger partial charge in [0.05, 0.1) is 9.92 Å². The molecule has 0 spiro atoms. The first-order valence-electron chi connectivity index (χ1n) is 5.46. The van der Waals surface area contributed by atoms with E-state index in [1.807, 2.05) is 6.92 Å². The third kappa shape index (κ3) is 4.20. The van der Waals surface area contributed by atoms with Gasteiger partial charge in [0.25, 0.3) is 0 Å². The molecule has 0 aromatic heterocycles. The average molecular weight is 295 g/mol. The number of sulfonamides is 1. The van der Waals surface area contributed by atoms with Crippen LogP contribution in [0.2, 0.25) is 5.02 Å². The van der Waals surface area contributed by atoms with Crippen LogP contribution in [0.25, 0.3) is 0 Å². The summed E-state index contributed by atoms with van der Waals surface area (Å²) in [6, 6.07) is 3.32. The molecule has 7 heteroatoms. The van der Waals surface area contributed by atoms with E-state index in [-0.39, 0.29) is 15.8 Å². The highest BCUT2D eigenvalue weighted by atomic mass is 35.5. The molecule has 0 amide bonds. The van der Waals surface area contributed by atoms with Crippen molar-refractivity contribution in [1.29, 1.82) is 0 Å². The van der Waals surface area contributed by atoms with Crippen LogP contribution in [0, 0.1) is 11.7 Å². The molecule has 1 unspecified atom stereocenters. The summed E-state index contributed by atoms with van der Waals surface area (Å²) >= 11 is 5.56. The van der Waals surface area contributed by atoms with Crippen LogP contribution in [-0.4, -0.2) is 28.6 Å². The number of benzene rings is 1. The Morgan fingerprint density at radius 1 is 1.39 bits per heavy atom. The maximum absolute atomic E-state index is 12.9. The highest BCUT2D eigenvalue weighted by Gasteiger charge is 2.16. The average Bonchev–Trinajstić information content (AvgIpc) is 2.30. The van der Waals surface area contributed by atoms with Crippen LogP contribution >= 0.6 is 11.6 Å². The summed E-state index contributed by atoms with van der Waals surface area (Å²) in [6.07, 6.45) is 0. The molecule has 0 saturated carbocycles. The van der Waals surface area contributed by atoms with Crippen molar-refractivity contribution in [2.75, 3.05) is 20.1 Å². The Bertz CT molecular complexity index is 508. The van der Waals surface area contributed by atoms with Gasteiger partial charge in [-0.05, 0) is 37.7 Å². The number of hydrogen-bond donors (Lipinski definition) is 2. The van der Waals surface area contributed by atoms with Gasteiger partial charge in [0.2, 0.25) is 10.0 Å². The van der Waals surface area contributed by atoms with Crippen molar-refractivity contribution in [1.82, 2.24) is 10.0 Å². The molecule has 2 N–H and O–H groups in total. The number of halogens is 2. The smallest absolute Gasteiger partial charge is 0.240 e. The van der Waals surface area contributed by atoms with Crippen molar-refractivity contribution in [3.63, 3.8) is 0 Å². The zero-order chi connectivity index (χ0) is 13.8. The van der Waals surface area contributed by atoms with E-state index in [1.165, 1.54) is 6.07 Å². The SMILES string of the molecule is CNCC(C)CNS(=O)(=O)c1ccc(F)c(Cl)c1. The van der Waals surface area contributed by atoms with Gasteiger partial charge in [-0.2, -0.15) is 0 Å². The molecule has 102 valence electrons. The predicted octanol–water partition coefficient (Wildman–Crippen LogP) is 1.61. The van der Waals surface area contributed by atoms with E-state index in [9.17, 15) is 12.8 Å². The third-order valence-electron chi connectivity index (χ3n) is 2.38. The van der Waals surface area contributed by atoms with Gasteiger partial charge < -0.3 is 5.32 Å². The fourth-order valence-electron chi connectivity index (χ4n) is 1.40. The Balaban J connectivity index is 2.77. The fraction of sp³-hybridized carbons (Fsp3) is 0.455. The lowest BCUT2D eigenvalue weighted by Crippen LogP contribution is -2.32. The highest BCUT2D eigenvalue weighted by molar-refractivity contribution is 7.89. The van der Waals surface area contributed by atoms with Gasteiger partial charge >= 0.3 is 0 Å². The fourth-order valence-corrected chi connectivity index (χ4v) is 2.84. The van der Waals surface area contributed by atoms with Gasteiger partial charge in [-0.1, -0.05) is 18.5 Å². The zero-order valence-corrected chi connectivity index (χ0v) is 11.8. The lowest BCUT2D eigenvalue weighted by Gasteiger charge is -2.12. The van der Waals surface area contributed by atoms with Gasteiger partial charge in [-0.3, -0.25) is 0 Å². The van der Waals surface area contributed by atoms with Crippen LogP contribution in [0.4, 0.5) is 4.39 Å². The van der Waals surface area contributed by atoms with Crippen LogP contribution in [0.5, 0.6) is 0 Å². The second-order valence-corrected chi connectivity index (χ2v) is 6.26. The van der Waals surface area contributed by atoms with Crippen molar-refractivity contribution >= 4 is 21.6 Å². The lowest BCUT2D eigenvalue weighted by atomic mass is 10.2. The first kappa shape index (κ1) is 15.4. The zero-order valence-electron chi connectivity index (χ0n) is 10.2. The first-order valence-corrected chi connectivity index (χ1v) is 7.32. The largest absolute Gasteiger partial charge is 0.319 e. The summed E-state index contributed by atoms with van der Waals surface area (Å²) in [5.41, 5.74) is 0. The Morgan fingerprint density at radius 3 is 2.61 bits per heavy atom. The molecule has 0 bridgehead atoms. The van der Waals surface area contributed by atoms with Gasteiger partial charge in [-0.25, -0.2) is 17.5 Å². The molecule has 1 atom stereocenters. The summed E-state index contributed by atoms with van der Waals surface area (Å²) in [5, 5.41) is 2.75. The van der Waals surface area contributed by atoms with E-state index in [1.54, 1.807) is 7.05 Å². The third-order valence-corrected chi connectivity index (χ3v) is 4.09. The minimum atomic E-state index is -3.64. The predicted molar refractivity (Wildman–Crippen MR) is 69.7 cm³/mol. The molecule has 0 saturated heterocycles.